The van der Waals surface area contributed by atoms with Crippen molar-refractivity contribution in [2.75, 3.05) is 62.4 Å². The third-order valence-electron chi connectivity index (χ3n) is 7.79. The topological polar surface area (TPSA) is 148 Å². The molecular formula is C21H39B9NO14P3. The van der Waals surface area contributed by atoms with Gasteiger partial charge in [-0.15, -0.1) is 0 Å². The number of methoxy groups -OCH3 is 1. The Hall–Kier alpha value is 0.954. The van der Waals surface area contributed by atoms with Gasteiger partial charge in [0.05, 0.1) is 58.3 Å². The second-order valence-corrected chi connectivity index (χ2v) is 16.7. The van der Waals surface area contributed by atoms with Crippen LogP contribution >= 0.6 is 24.2 Å². The van der Waals surface area contributed by atoms with Gasteiger partial charge >= 0.3 is 15.6 Å². The van der Waals surface area contributed by atoms with Crippen molar-refractivity contribution < 1.29 is 64.3 Å². The third-order valence-corrected chi connectivity index (χ3v) is 12.1. The summed E-state index contributed by atoms with van der Waals surface area (Å²) in [7, 11) is 30.9. The fourth-order valence-electron chi connectivity index (χ4n) is 5.26. The van der Waals surface area contributed by atoms with E-state index < -0.39 is 98.4 Å². The molecule has 3 heterocycles. The maximum atomic E-state index is 13.7. The van der Waals surface area contributed by atoms with E-state index in [0.29, 0.717) is 6.42 Å². The van der Waals surface area contributed by atoms with Crippen molar-refractivity contribution in [1.82, 2.24) is 4.67 Å². The Bertz CT molecular complexity index is 1070. The number of ether oxygens (including phenoxy) is 4. The molecule has 0 aliphatic carbocycles. The lowest BCUT2D eigenvalue weighted by Gasteiger charge is -2.28. The van der Waals surface area contributed by atoms with Crippen LogP contribution in [0, 0.1) is 0 Å². The third kappa shape index (κ3) is 12.3. The minimum atomic E-state index is -4.26. The van der Waals surface area contributed by atoms with E-state index in [9.17, 15) is 9.13 Å². The molecule has 254 valence electrons. The molecule has 0 bridgehead atoms. The molecule has 27 heteroatoms. The van der Waals surface area contributed by atoms with Crippen LogP contribution < -0.4 is 0 Å². The van der Waals surface area contributed by atoms with Crippen molar-refractivity contribution in [3.8, 4) is 0 Å². The fraction of sp³-hybridized carbons (Fsp3) is 1.00. The minimum absolute atomic E-state index is 0.0823. The van der Waals surface area contributed by atoms with Gasteiger partial charge in [-0.05, 0) is 33.4 Å². The van der Waals surface area contributed by atoms with Gasteiger partial charge in [0, 0.05) is 92.2 Å². The normalized spacial score (nSPS) is 33.7. The molecule has 12 atom stereocenters. The molecule has 6 unspecified atom stereocenters. The van der Waals surface area contributed by atoms with Gasteiger partial charge in [-0.3, -0.25) is 27.1 Å². The summed E-state index contributed by atoms with van der Waals surface area (Å²) < 4.78 is 97.0. The molecule has 3 aliphatic rings. The Morgan fingerprint density at radius 3 is 1.77 bits per heavy atom. The quantitative estimate of drug-likeness (QED) is 0.103. The average molecular weight is 720 g/mol. The van der Waals surface area contributed by atoms with E-state index in [1.54, 1.807) is 4.67 Å². The highest BCUT2D eigenvalue weighted by atomic mass is 31.2. The Morgan fingerprint density at radius 2 is 1.31 bits per heavy atom. The molecular weight excluding hydrogens is 680 g/mol. The van der Waals surface area contributed by atoms with Crippen LogP contribution in [0.2, 0.25) is 0 Å². The highest BCUT2D eigenvalue weighted by Gasteiger charge is 2.47. The summed E-state index contributed by atoms with van der Waals surface area (Å²) in [6.07, 6.45) is -3.82. The zero-order valence-electron chi connectivity index (χ0n) is 28.1. The first kappa shape index (κ1) is 43.4. The highest BCUT2D eigenvalue weighted by molar-refractivity contribution is 7.49. The van der Waals surface area contributed by atoms with Crippen molar-refractivity contribution in [2.45, 2.75) is 73.9 Å². The summed E-state index contributed by atoms with van der Waals surface area (Å²) in [5.74, 6) is 0. The van der Waals surface area contributed by atoms with Gasteiger partial charge < -0.3 is 28.0 Å². The van der Waals surface area contributed by atoms with Crippen LogP contribution in [0.5, 0.6) is 0 Å². The molecule has 0 spiro atoms. The molecule has 0 amide bonds. The Balaban J connectivity index is 1.67. The van der Waals surface area contributed by atoms with Gasteiger partial charge in [0.15, 0.2) is 0 Å². The van der Waals surface area contributed by atoms with Gasteiger partial charge in [0.25, 0.3) is 8.53 Å². The summed E-state index contributed by atoms with van der Waals surface area (Å²) in [6, 6.07) is -1.68. The van der Waals surface area contributed by atoms with Crippen molar-refractivity contribution in [3.63, 3.8) is 0 Å². The minimum Gasteiger partial charge on any atom is -0.382 e. The summed E-state index contributed by atoms with van der Waals surface area (Å²) in [6.45, 7) is -2.03. The van der Waals surface area contributed by atoms with Crippen molar-refractivity contribution >= 4 is 90.1 Å². The van der Waals surface area contributed by atoms with Crippen molar-refractivity contribution in [3.05, 3.63) is 0 Å². The number of hydrogen-bond donors (Lipinski definition) is 0. The Labute approximate surface area is 294 Å². The molecule has 0 saturated carbocycles. The van der Waals surface area contributed by atoms with Crippen LogP contribution in [-0.2, 0) is 64.3 Å². The highest BCUT2D eigenvalue weighted by Crippen LogP contribution is 2.55. The second kappa shape index (κ2) is 20.4. The van der Waals surface area contributed by atoms with Crippen LogP contribution in [0.3, 0.4) is 0 Å². The standard InChI is InChI=1S/C21H39B9NO14P3/c1-31(2)46(35-4)43-13-7-19(27-22)40-17(13)11-38-47(32,36-5)44-14-8-20(29(24)25)41-18(14)12-39-48(33,37-6)45-15-9-21(30(26)28-23)42-16(15)10-34-3/h13-21H,7-12H2,1-6H3/t13?,14?,15?,16-,17-,18-,19-,20-,21-,46?,47?,48?/m1/s1. The lowest BCUT2D eigenvalue weighted by atomic mass is 9.03. The summed E-state index contributed by atoms with van der Waals surface area (Å²) in [5, 5.41) is 0. The summed E-state index contributed by atoms with van der Waals surface area (Å²) >= 11 is 0. The van der Waals surface area contributed by atoms with E-state index in [0.717, 1.165) is 7.11 Å². The largest absolute Gasteiger partial charge is 0.474 e. The molecule has 0 aromatic carbocycles. The van der Waals surface area contributed by atoms with E-state index in [-0.39, 0.29) is 26.1 Å². The van der Waals surface area contributed by atoms with E-state index >= 15 is 0 Å². The molecule has 3 aliphatic heterocycles. The number of hydrogen-bond acceptors (Lipinski definition) is 15. The maximum Gasteiger partial charge on any atom is 0.474 e. The number of nitrogens with zero attached hydrogens (tertiary/aromatic N) is 1. The zero-order chi connectivity index (χ0) is 35.6. The molecule has 48 heavy (non-hydrogen) atoms. The van der Waals surface area contributed by atoms with Crippen LogP contribution in [0.25, 0.3) is 0 Å². The van der Waals surface area contributed by atoms with Gasteiger partial charge in [0.1, 0.15) is 18.3 Å². The predicted molar refractivity (Wildman–Crippen MR) is 187 cm³/mol. The van der Waals surface area contributed by atoms with Crippen LogP contribution in [0.4, 0.5) is 0 Å². The lowest BCUT2D eigenvalue weighted by molar-refractivity contribution is -0.0378. The van der Waals surface area contributed by atoms with E-state index in [1.165, 1.54) is 35.6 Å². The van der Waals surface area contributed by atoms with Crippen LogP contribution in [-0.4, -0.2) is 188 Å². The zero-order valence-corrected chi connectivity index (χ0v) is 30.8. The van der Waals surface area contributed by atoms with Gasteiger partial charge in [-0.1, -0.05) is 0 Å². The van der Waals surface area contributed by atoms with Crippen molar-refractivity contribution in [1.29, 1.82) is 0 Å². The molecule has 15 nitrogen and oxygen atoms in total. The molecule has 0 aromatic heterocycles. The molecule has 3 rings (SSSR count). The maximum absolute atomic E-state index is 13.7. The molecule has 0 N–H and O–H groups in total. The number of phosphoric ester groups is 2. The Morgan fingerprint density at radius 1 is 0.792 bits per heavy atom. The van der Waals surface area contributed by atoms with E-state index in [4.69, 9.17) is 93.8 Å². The van der Waals surface area contributed by atoms with Crippen molar-refractivity contribution in [2.24, 2.45) is 0 Å². The second-order valence-electron chi connectivity index (χ2n) is 11.4. The molecule has 3 saturated heterocycles. The number of rotatable bonds is 22. The first-order chi connectivity index (χ1) is 22.7. The van der Waals surface area contributed by atoms with Gasteiger partial charge in [0.2, 0.25) is 0 Å². The van der Waals surface area contributed by atoms with Gasteiger partial charge in [-0.2, -0.15) is 0 Å². The molecule has 3 fully saturated rings. The predicted octanol–water partition coefficient (Wildman–Crippen LogP) is -0.669. The Kier molecular flexibility index (Phi) is 18.4. The molecule has 12 radical (unpaired) electrons. The smallest absolute Gasteiger partial charge is 0.382 e. The fourth-order valence-corrected chi connectivity index (χ4v) is 8.58. The van der Waals surface area contributed by atoms with Crippen LogP contribution in [0.15, 0.2) is 0 Å². The summed E-state index contributed by atoms with van der Waals surface area (Å²) in [4.78, 5) is 0. The van der Waals surface area contributed by atoms with E-state index in [1.807, 2.05) is 14.1 Å². The monoisotopic (exact) mass is 721 g/mol. The first-order valence-electron chi connectivity index (χ1n) is 15.2. The lowest BCUT2D eigenvalue weighted by Crippen LogP contribution is -2.38. The summed E-state index contributed by atoms with van der Waals surface area (Å²) in [5.41, 5.74) is 0. The SMILES string of the molecule is [B][B]B([B])[C@H]1CC(OP(=O)(OC)OC[C@H]2O[C@@H](B([B])[B])CC2OP(=O)(OC)OC[C@H]2O[C@@H]([B][B])CC2OP(OC)N(C)C)[C@@H](COC)O1. The number of phosphoric acid groups is 2. The van der Waals surface area contributed by atoms with E-state index in [2.05, 4.69) is 0 Å². The van der Waals surface area contributed by atoms with Crippen LogP contribution in [0.1, 0.15) is 19.3 Å². The average Bonchev–Trinajstić information content (AvgIpc) is 3.78. The van der Waals surface area contributed by atoms with Gasteiger partial charge in [-0.25, -0.2) is 13.8 Å². The molecule has 0 aromatic rings. The first-order valence-corrected chi connectivity index (χ1v) is 19.3.